The Morgan fingerprint density at radius 1 is 1.16 bits per heavy atom. The number of thiazole rings is 1. The molecule has 38 heavy (non-hydrogen) atoms. The third-order valence-corrected chi connectivity index (χ3v) is 8.85. The van der Waals surface area contributed by atoms with Crippen molar-refractivity contribution in [3.05, 3.63) is 41.0 Å². The predicted molar refractivity (Wildman–Crippen MR) is 149 cm³/mol. The number of rotatable bonds is 9. The van der Waals surface area contributed by atoms with Gasteiger partial charge in [0.05, 0.1) is 28.2 Å². The molecular formula is C29H40N4O4S. The van der Waals surface area contributed by atoms with E-state index in [0.717, 1.165) is 47.6 Å². The molecule has 2 aliphatic heterocycles. The minimum Gasteiger partial charge on any atom is -0.391 e. The van der Waals surface area contributed by atoms with Crippen LogP contribution in [0.25, 0.3) is 10.4 Å². The summed E-state index contributed by atoms with van der Waals surface area (Å²) in [5.74, 6) is -0.660. The van der Waals surface area contributed by atoms with Gasteiger partial charge in [0.2, 0.25) is 11.8 Å². The Hall–Kier alpha value is -2.62. The minimum atomic E-state index is -0.743. The fourth-order valence-corrected chi connectivity index (χ4v) is 6.24. The Kier molecular flexibility index (Phi) is 9.33. The van der Waals surface area contributed by atoms with Gasteiger partial charge in [0.1, 0.15) is 6.04 Å². The zero-order valence-electron chi connectivity index (χ0n) is 22.9. The molecule has 2 N–H and O–H groups in total. The Labute approximate surface area is 229 Å². The third kappa shape index (κ3) is 6.68. The number of aliphatic hydroxyl groups is 1. The van der Waals surface area contributed by atoms with Gasteiger partial charge in [-0.15, -0.1) is 11.3 Å². The van der Waals surface area contributed by atoms with Crippen molar-refractivity contribution >= 4 is 28.9 Å². The molecule has 0 aliphatic carbocycles. The molecule has 4 rings (SSSR count). The largest absolute Gasteiger partial charge is 0.391 e. The SMILES string of the molecule is Cc1ncsc1-c1ccc(CCC(=O)[C@@H]2C[C@@H](O)CN2C(=O)[C@@H](NC(=O)C2CCN(C)CC2)C(C)C)cc1. The first-order chi connectivity index (χ1) is 18.1. The van der Waals surface area contributed by atoms with E-state index in [-0.39, 0.29) is 48.8 Å². The molecule has 3 heterocycles. The number of β-amino-alcohol motifs (C(OH)–C–C–N with tert-alkyl or cyclic N) is 1. The van der Waals surface area contributed by atoms with Crippen LogP contribution >= 0.6 is 11.3 Å². The normalized spacial score (nSPS) is 21.6. The maximum Gasteiger partial charge on any atom is 0.246 e. The molecule has 0 saturated carbocycles. The molecule has 2 aliphatic rings. The van der Waals surface area contributed by atoms with Gasteiger partial charge in [-0.1, -0.05) is 38.1 Å². The summed E-state index contributed by atoms with van der Waals surface area (Å²) in [7, 11) is 2.04. The van der Waals surface area contributed by atoms with Crippen molar-refractivity contribution < 1.29 is 19.5 Å². The van der Waals surface area contributed by atoms with Crippen molar-refractivity contribution in [3.63, 3.8) is 0 Å². The molecule has 0 bridgehead atoms. The Morgan fingerprint density at radius 3 is 2.45 bits per heavy atom. The number of aliphatic hydroxyl groups excluding tert-OH is 1. The Bertz CT molecular complexity index is 1120. The number of Topliss-reactive ketones (excluding diaryl/α,β-unsaturated/α-hetero) is 1. The highest BCUT2D eigenvalue weighted by Gasteiger charge is 2.42. The van der Waals surface area contributed by atoms with Crippen LogP contribution in [0, 0.1) is 18.8 Å². The fraction of sp³-hybridized carbons (Fsp3) is 0.586. The van der Waals surface area contributed by atoms with E-state index >= 15 is 0 Å². The molecular weight excluding hydrogens is 500 g/mol. The van der Waals surface area contributed by atoms with Crippen molar-refractivity contribution in [1.82, 2.24) is 20.1 Å². The van der Waals surface area contributed by atoms with Gasteiger partial charge in [-0.25, -0.2) is 4.98 Å². The summed E-state index contributed by atoms with van der Waals surface area (Å²) in [5, 5.41) is 13.4. The summed E-state index contributed by atoms with van der Waals surface area (Å²) < 4.78 is 0. The number of benzene rings is 1. The van der Waals surface area contributed by atoms with Gasteiger partial charge in [0, 0.05) is 25.3 Å². The minimum absolute atomic E-state index is 0.0542. The number of hydrogen-bond donors (Lipinski definition) is 2. The second kappa shape index (κ2) is 12.5. The number of nitrogens with zero attached hydrogens (tertiary/aromatic N) is 3. The number of ketones is 1. The lowest BCUT2D eigenvalue weighted by molar-refractivity contribution is -0.142. The van der Waals surface area contributed by atoms with Gasteiger partial charge in [-0.2, -0.15) is 0 Å². The lowest BCUT2D eigenvalue weighted by atomic mass is 9.94. The van der Waals surface area contributed by atoms with E-state index in [1.165, 1.54) is 4.90 Å². The number of aryl methyl sites for hydroxylation is 2. The molecule has 206 valence electrons. The van der Waals surface area contributed by atoms with E-state index in [2.05, 4.69) is 27.3 Å². The highest BCUT2D eigenvalue weighted by molar-refractivity contribution is 7.13. The lowest BCUT2D eigenvalue weighted by Gasteiger charge is -2.33. The lowest BCUT2D eigenvalue weighted by Crippen LogP contribution is -2.55. The summed E-state index contributed by atoms with van der Waals surface area (Å²) in [5.41, 5.74) is 5.00. The number of aromatic nitrogens is 1. The zero-order valence-corrected chi connectivity index (χ0v) is 23.7. The van der Waals surface area contributed by atoms with E-state index in [4.69, 9.17) is 0 Å². The molecule has 9 heteroatoms. The second-order valence-electron chi connectivity index (χ2n) is 11.1. The standard InChI is InChI=1S/C29H40N4O4S/c1-18(2)26(31-28(36)22-11-13-32(4)14-12-22)29(37)33-16-23(34)15-24(33)25(35)10-7-20-5-8-21(9-6-20)27-19(3)30-17-38-27/h5-6,8-9,17-18,22-24,26,34H,7,10-16H2,1-4H3,(H,31,36)/t23-,24+,26+/m1/s1. The molecule has 0 radical (unpaired) electrons. The molecule has 1 aromatic carbocycles. The molecule has 2 aromatic rings. The maximum absolute atomic E-state index is 13.6. The van der Waals surface area contributed by atoms with Crippen LogP contribution in [0.3, 0.4) is 0 Å². The fourth-order valence-electron chi connectivity index (χ4n) is 5.43. The Morgan fingerprint density at radius 2 is 1.84 bits per heavy atom. The Balaban J connectivity index is 1.37. The van der Waals surface area contributed by atoms with Crippen LogP contribution in [0.1, 0.15) is 50.8 Å². The number of carbonyl (C=O) groups excluding carboxylic acids is 3. The van der Waals surface area contributed by atoms with Gasteiger partial charge < -0.3 is 20.2 Å². The number of carbonyl (C=O) groups is 3. The summed E-state index contributed by atoms with van der Waals surface area (Å²) in [4.78, 5) is 49.0. The number of nitrogens with one attached hydrogen (secondary N) is 1. The average molecular weight is 541 g/mol. The zero-order chi connectivity index (χ0) is 27.4. The van der Waals surface area contributed by atoms with Gasteiger partial charge in [0.25, 0.3) is 0 Å². The van der Waals surface area contributed by atoms with E-state index in [0.29, 0.717) is 6.42 Å². The average Bonchev–Trinajstić information content (AvgIpc) is 3.51. The number of piperidine rings is 1. The predicted octanol–water partition coefficient (Wildman–Crippen LogP) is 3.06. The molecule has 2 amide bonds. The van der Waals surface area contributed by atoms with E-state index in [1.807, 2.05) is 45.5 Å². The van der Waals surface area contributed by atoms with Crippen LogP contribution in [0.2, 0.25) is 0 Å². The molecule has 2 fully saturated rings. The van der Waals surface area contributed by atoms with Gasteiger partial charge in [-0.05, 0) is 63.4 Å². The first kappa shape index (κ1) is 28.4. The van der Waals surface area contributed by atoms with Crippen LogP contribution < -0.4 is 5.32 Å². The van der Waals surface area contributed by atoms with Crippen molar-refractivity contribution in [1.29, 1.82) is 0 Å². The summed E-state index contributed by atoms with van der Waals surface area (Å²) in [6.07, 6.45) is 1.89. The third-order valence-electron chi connectivity index (χ3n) is 7.88. The van der Waals surface area contributed by atoms with Gasteiger partial charge >= 0.3 is 0 Å². The van der Waals surface area contributed by atoms with Crippen molar-refractivity contribution in [3.8, 4) is 10.4 Å². The van der Waals surface area contributed by atoms with Crippen LogP contribution in [0.4, 0.5) is 0 Å². The maximum atomic E-state index is 13.6. The van der Waals surface area contributed by atoms with E-state index in [1.54, 1.807) is 11.3 Å². The molecule has 8 nitrogen and oxygen atoms in total. The topological polar surface area (TPSA) is 103 Å². The molecule has 3 atom stereocenters. The van der Waals surface area contributed by atoms with Crippen LogP contribution in [-0.4, -0.2) is 82.4 Å². The first-order valence-corrected chi connectivity index (χ1v) is 14.5. The molecule has 0 unspecified atom stereocenters. The van der Waals surface area contributed by atoms with Crippen LogP contribution in [0.5, 0.6) is 0 Å². The summed E-state index contributed by atoms with van der Waals surface area (Å²) in [6, 6.07) is 6.78. The molecule has 0 spiro atoms. The number of hydrogen-bond acceptors (Lipinski definition) is 7. The highest BCUT2D eigenvalue weighted by Crippen LogP contribution is 2.28. The number of likely N-dealkylation sites (tertiary alicyclic amines) is 2. The molecule has 2 saturated heterocycles. The summed E-state index contributed by atoms with van der Waals surface area (Å²) >= 11 is 1.61. The molecule has 1 aromatic heterocycles. The van der Waals surface area contributed by atoms with Crippen molar-refractivity contribution in [2.24, 2.45) is 11.8 Å². The van der Waals surface area contributed by atoms with Crippen LogP contribution in [-0.2, 0) is 20.8 Å². The van der Waals surface area contributed by atoms with Gasteiger partial charge in [0.15, 0.2) is 5.78 Å². The smallest absolute Gasteiger partial charge is 0.246 e. The second-order valence-corrected chi connectivity index (χ2v) is 12.0. The highest BCUT2D eigenvalue weighted by atomic mass is 32.1. The van der Waals surface area contributed by atoms with E-state index in [9.17, 15) is 19.5 Å². The number of amides is 2. The first-order valence-electron chi connectivity index (χ1n) is 13.6. The van der Waals surface area contributed by atoms with Gasteiger partial charge in [-0.3, -0.25) is 14.4 Å². The van der Waals surface area contributed by atoms with Crippen molar-refractivity contribution in [2.45, 2.75) is 71.1 Å². The quantitative estimate of drug-likeness (QED) is 0.507. The van der Waals surface area contributed by atoms with Crippen molar-refractivity contribution in [2.75, 3.05) is 26.7 Å². The monoisotopic (exact) mass is 540 g/mol. The van der Waals surface area contributed by atoms with E-state index < -0.39 is 18.2 Å². The van der Waals surface area contributed by atoms with Crippen LogP contribution in [0.15, 0.2) is 29.8 Å². The summed E-state index contributed by atoms with van der Waals surface area (Å²) in [6.45, 7) is 7.63.